The molecule has 11 nitrogen and oxygen atoms in total. The number of amides is 2. The second kappa shape index (κ2) is 13.2. The van der Waals surface area contributed by atoms with Crippen LogP contribution in [0.5, 0.6) is 11.5 Å². The van der Waals surface area contributed by atoms with E-state index < -0.39 is 5.91 Å². The van der Waals surface area contributed by atoms with Gasteiger partial charge in [-0.1, -0.05) is 13.2 Å². The smallest absolute Gasteiger partial charge is 0.247 e. The summed E-state index contributed by atoms with van der Waals surface area (Å²) < 4.78 is 27.4. The molecule has 0 radical (unpaired) electrons. The van der Waals surface area contributed by atoms with Gasteiger partial charge in [0.25, 0.3) is 0 Å². The van der Waals surface area contributed by atoms with Crippen LogP contribution in [0.1, 0.15) is 0 Å². The molecule has 3 heterocycles. The van der Waals surface area contributed by atoms with Gasteiger partial charge in [-0.15, -0.1) is 0 Å². The third-order valence-electron chi connectivity index (χ3n) is 7.06. The molecule has 5 rings (SSSR count). The molecule has 2 aromatic heterocycles. The van der Waals surface area contributed by atoms with Gasteiger partial charge in [-0.2, -0.15) is 4.98 Å². The first-order chi connectivity index (χ1) is 20.9. The number of nitrogens with zero attached hydrogens (tertiary/aromatic N) is 5. The average Bonchev–Trinajstić information content (AvgIpc) is 3.45. The molecule has 4 aromatic rings. The molecule has 43 heavy (non-hydrogen) atoms. The Hall–Kier alpha value is -5.23. The monoisotopic (exact) mass is 585 g/mol. The van der Waals surface area contributed by atoms with Crippen LogP contribution in [0.25, 0.3) is 16.7 Å². The molecule has 0 saturated carbocycles. The number of fused-ring (bicyclic) bond motifs is 1. The fourth-order valence-electron chi connectivity index (χ4n) is 4.80. The minimum Gasteiger partial charge on any atom is -0.494 e. The molecule has 1 aliphatic rings. The number of anilines is 3. The SMILES string of the molecule is C=CC(=O)Nc1cc(Nc2nccc(-n3ccc4ccc(F)cc43)n2)c(OC)cc1OCCN1CCN(C(=O)C=C)CC1. The van der Waals surface area contributed by atoms with E-state index in [0.29, 0.717) is 60.4 Å². The number of ether oxygens (including phenoxy) is 2. The first kappa shape index (κ1) is 29.3. The average molecular weight is 586 g/mol. The van der Waals surface area contributed by atoms with Gasteiger partial charge >= 0.3 is 0 Å². The summed E-state index contributed by atoms with van der Waals surface area (Å²) in [5.41, 5.74) is 1.56. The molecule has 0 atom stereocenters. The first-order valence-corrected chi connectivity index (χ1v) is 13.7. The fraction of sp³-hybridized carbons (Fsp3) is 0.226. The maximum absolute atomic E-state index is 13.9. The minimum absolute atomic E-state index is 0.0648. The Morgan fingerprint density at radius 2 is 1.84 bits per heavy atom. The summed E-state index contributed by atoms with van der Waals surface area (Å²) in [6, 6.07) is 11.5. The van der Waals surface area contributed by atoms with Crippen LogP contribution in [-0.2, 0) is 9.59 Å². The lowest BCUT2D eigenvalue weighted by atomic mass is 10.2. The van der Waals surface area contributed by atoms with Crippen LogP contribution < -0.4 is 20.1 Å². The number of methoxy groups -OCH3 is 1. The third-order valence-corrected chi connectivity index (χ3v) is 7.06. The number of carbonyl (C=O) groups is 2. The number of piperazine rings is 1. The van der Waals surface area contributed by atoms with Crippen molar-refractivity contribution < 1.29 is 23.5 Å². The van der Waals surface area contributed by atoms with E-state index in [9.17, 15) is 14.0 Å². The highest BCUT2D eigenvalue weighted by molar-refractivity contribution is 6.00. The summed E-state index contributed by atoms with van der Waals surface area (Å²) in [5, 5.41) is 6.81. The predicted molar refractivity (Wildman–Crippen MR) is 163 cm³/mol. The Morgan fingerprint density at radius 3 is 2.58 bits per heavy atom. The van der Waals surface area contributed by atoms with Crippen LogP contribution in [-0.4, -0.2) is 82.6 Å². The van der Waals surface area contributed by atoms with Crippen LogP contribution in [0.2, 0.25) is 0 Å². The van der Waals surface area contributed by atoms with E-state index in [4.69, 9.17) is 9.47 Å². The van der Waals surface area contributed by atoms with Crippen LogP contribution in [0.3, 0.4) is 0 Å². The van der Waals surface area contributed by atoms with Crippen molar-refractivity contribution in [1.82, 2.24) is 24.3 Å². The number of aromatic nitrogens is 3. The third kappa shape index (κ3) is 6.81. The molecule has 2 aromatic carbocycles. The van der Waals surface area contributed by atoms with Crippen molar-refractivity contribution in [3.63, 3.8) is 0 Å². The van der Waals surface area contributed by atoms with Gasteiger partial charge in [0.2, 0.25) is 17.8 Å². The van der Waals surface area contributed by atoms with Crippen molar-refractivity contribution in [3.8, 4) is 17.3 Å². The van der Waals surface area contributed by atoms with Gasteiger partial charge < -0.3 is 29.6 Å². The molecule has 222 valence electrons. The summed E-state index contributed by atoms with van der Waals surface area (Å²) in [6.45, 7) is 10.8. The largest absolute Gasteiger partial charge is 0.494 e. The van der Waals surface area contributed by atoms with Crippen molar-refractivity contribution in [1.29, 1.82) is 0 Å². The van der Waals surface area contributed by atoms with E-state index >= 15 is 0 Å². The number of nitrogens with one attached hydrogen (secondary N) is 2. The molecular weight excluding hydrogens is 553 g/mol. The Kier molecular flexibility index (Phi) is 8.96. The van der Waals surface area contributed by atoms with E-state index in [0.717, 1.165) is 18.5 Å². The van der Waals surface area contributed by atoms with Crippen molar-refractivity contribution in [2.75, 3.05) is 57.1 Å². The second-order valence-corrected chi connectivity index (χ2v) is 9.71. The lowest BCUT2D eigenvalue weighted by Gasteiger charge is -2.34. The van der Waals surface area contributed by atoms with E-state index in [1.54, 1.807) is 39.9 Å². The molecule has 0 bridgehead atoms. The molecule has 12 heteroatoms. The zero-order valence-corrected chi connectivity index (χ0v) is 23.8. The first-order valence-electron chi connectivity index (χ1n) is 13.7. The molecule has 1 aliphatic heterocycles. The lowest BCUT2D eigenvalue weighted by Crippen LogP contribution is -2.49. The highest BCUT2D eigenvalue weighted by Gasteiger charge is 2.20. The Bertz CT molecular complexity index is 1660. The highest BCUT2D eigenvalue weighted by Crippen LogP contribution is 2.38. The van der Waals surface area contributed by atoms with Crippen molar-refractivity contribution >= 4 is 40.0 Å². The molecule has 1 fully saturated rings. The van der Waals surface area contributed by atoms with Crippen molar-refractivity contribution in [3.05, 3.63) is 86.0 Å². The van der Waals surface area contributed by atoms with Crippen LogP contribution >= 0.6 is 0 Å². The molecule has 1 saturated heterocycles. The topological polar surface area (TPSA) is 114 Å². The van der Waals surface area contributed by atoms with Gasteiger partial charge in [0.05, 0.1) is 24.0 Å². The van der Waals surface area contributed by atoms with Gasteiger partial charge in [-0.3, -0.25) is 14.5 Å². The van der Waals surface area contributed by atoms with E-state index in [1.165, 1.54) is 31.4 Å². The maximum atomic E-state index is 13.9. The van der Waals surface area contributed by atoms with Crippen LogP contribution in [0.15, 0.2) is 80.2 Å². The number of carbonyl (C=O) groups excluding carboxylic acids is 2. The number of rotatable bonds is 11. The molecule has 2 amide bonds. The number of hydrogen-bond donors (Lipinski definition) is 2. The summed E-state index contributed by atoms with van der Waals surface area (Å²) in [7, 11) is 1.52. The zero-order chi connectivity index (χ0) is 30.3. The Morgan fingerprint density at radius 1 is 1.02 bits per heavy atom. The second-order valence-electron chi connectivity index (χ2n) is 9.71. The fourth-order valence-corrected chi connectivity index (χ4v) is 4.80. The maximum Gasteiger partial charge on any atom is 0.247 e. The number of benzene rings is 2. The minimum atomic E-state index is -0.408. The van der Waals surface area contributed by atoms with Crippen molar-refractivity contribution in [2.24, 2.45) is 0 Å². The zero-order valence-electron chi connectivity index (χ0n) is 23.8. The van der Waals surface area contributed by atoms with Gasteiger partial charge in [-0.05, 0) is 48.6 Å². The van der Waals surface area contributed by atoms with Gasteiger partial charge in [0, 0.05) is 56.6 Å². The number of hydrogen-bond acceptors (Lipinski definition) is 8. The van der Waals surface area contributed by atoms with Crippen LogP contribution in [0.4, 0.5) is 21.7 Å². The van der Waals surface area contributed by atoms with Gasteiger partial charge in [0.1, 0.15) is 29.7 Å². The highest BCUT2D eigenvalue weighted by atomic mass is 19.1. The summed E-state index contributed by atoms with van der Waals surface area (Å²) in [6.07, 6.45) is 5.90. The van der Waals surface area contributed by atoms with Gasteiger partial charge in [-0.25, -0.2) is 9.37 Å². The molecular formula is C31H32FN7O4. The molecule has 0 aliphatic carbocycles. The summed E-state index contributed by atoms with van der Waals surface area (Å²) in [5.74, 6) is 0.825. The van der Waals surface area contributed by atoms with E-state index in [-0.39, 0.29) is 17.7 Å². The van der Waals surface area contributed by atoms with Crippen molar-refractivity contribution in [2.45, 2.75) is 0 Å². The normalized spacial score (nSPS) is 13.4. The van der Waals surface area contributed by atoms with E-state index in [1.807, 2.05) is 12.3 Å². The van der Waals surface area contributed by atoms with E-state index in [2.05, 4.69) is 38.7 Å². The van der Waals surface area contributed by atoms with Crippen LogP contribution in [0, 0.1) is 5.82 Å². The predicted octanol–water partition coefficient (Wildman–Crippen LogP) is 4.15. The van der Waals surface area contributed by atoms with Gasteiger partial charge in [0.15, 0.2) is 0 Å². The summed E-state index contributed by atoms with van der Waals surface area (Å²) in [4.78, 5) is 37.0. The standard InChI is InChI=1S/C31H32FN7O4/c1-4-29(40)34-24-19-23(26(42-3)20-27(24)43-17-16-37-12-14-38(15-13-37)30(41)5-2)35-31-33-10-8-28(36-31)39-11-9-21-6-7-22(32)18-25(21)39/h4-11,18-20H,1-2,12-17H2,3H3,(H,34,40)(H,33,35,36). The lowest BCUT2D eigenvalue weighted by molar-refractivity contribution is -0.127. The molecule has 0 unspecified atom stereocenters. The quantitative estimate of drug-likeness (QED) is 0.253. The summed E-state index contributed by atoms with van der Waals surface area (Å²) >= 11 is 0. The Labute approximate surface area is 248 Å². The number of halogens is 1. The molecule has 0 spiro atoms. The Balaban J connectivity index is 1.34. The molecule has 2 N–H and O–H groups in total.